The van der Waals surface area contributed by atoms with Gasteiger partial charge in [-0.25, -0.2) is 17.7 Å². The van der Waals surface area contributed by atoms with Crippen molar-refractivity contribution in [1.29, 1.82) is 0 Å². The van der Waals surface area contributed by atoms with Gasteiger partial charge < -0.3 is 9.84 Å². The van der Waals surface area contributed by atoms with Crippen LogP contribution in [0.1, 0.15) is 39.2 Å². The van der Waals surface area contributed by atoms with Crippen LogP contribution in [0.5, 0.6) is 5.75 Å². The van der Waals surface area contributed by atoms with Crippen LogP contribution in [-0.4, -0.2) is 33.2 Å². The number of rotatable bonds is 4. The van der Waals surface area contributed by atoms with Crippen LogP contribution in [-0.2, 0) is 16.5 Å². The average Bonchev–Trinajstić information content (AvgIpc) is 3.30. The van der Waals surface area contributed by atoms with E-state index in [2.05, 4.69) is 20.7 Å². The van der Waals surface area contributed by atoms with Gasteiger partial charge in [0.2, 0.25) is 0 Å². The molecule has 1 saturated carbocycles. The highest BCUT2D eigenvalue weighted by atomic mass is 79.9. The number of hydrogen-bond donors (Lipinski definition) is 2. The Kier molecular flexibility index (Phi) is 4.59. The van der Waals surface area contributed by atoms with Crippen molar-refractivity contribution in [3.63, 3.8) is 0 Å². The molecule has 4 nitrogen and oxygen atoms in total. The Morgan fingerprint density at radius 3 is 2.52 bits per heavy atom. The molecule has 2 unspecified atom stereocenters. The van der Waals surface area contributed by atoms with Gasteiger partial charge in [-0.1, -0.05) is 15.9 Å². The molecule has 1 aliphatic heterocycles. The fraction of sp³-hybridized carbons (Fsp3) is 0.647. The molecular weight excluding hydrogens is 416 g/mol. The van der Waals surface area contributed by atoms with Crippen LogP contribution in [0, 0.1) is 5.41 Å². The van der Waals surface area contributed by atoms with E-state index in [-0.39, 0.29) is 12.2 Å². The molecule has 2 N–H and O–H groups in total. The SMILES string of the molecule is CC(C)(C)S(=O)NC1(C(F)(F)CO)c2cc(Br)ccc2OCC12CC2. The smallest absolute Gasteiger partial charge is 0.294 e. The Morgan fingerprint density at radius 1 is 1.36 bits per heavy atom. The first kappa shape index (κ1) is 19.2. The molecule has 25 heavy (non-hydrogen) atoms. The van der Waals surface area contributed by atoms with E-state index in [1.54, 1.807) is 39.0 Å². The molecule has 0 saturated heterocycles. The van der Waals surface area contributed by atoms with E-state index in [9.17, 15) is 9.32 Å². The molecule has 0 amide bonds. The third-order valence-electron chi connectivity index (χ3n) is 5.05. The lowest BCUT2D eigenvalue weighted by Gasteiger charge is -2.50. The molecule has 1 aromatic carbocycles. The Morgan fingerprint density at radius 2 is 2.00 bits per heavy atom. The van der Waals surface area contributed by atoms with Gasteiger partial charge in [0.05, 0.1) is 22.3 Å². The first-order chi connectivity index (χ1) is 11.5. The Hall–Kier alpha value is -0.570. The summed E-state index contributed by atoms with van der Waals surface area (Å²) in [6.45, 7) is 3.94. The van der Waals surface area contributed by atoms with Crippen molar-refractivity contribution in [2.75, 3.05) is 13.2 Å². The summed E-state index contributed by atoms with van der Waals surface area (Å²) in [5.74, 6) is -3.18. The maximum absolute atomic E-state index is 15.3. The number of halogens is 3. The quantitative estimate of drug-likeness (QED) is 0.757. The fourth-order valence-electron chi connectivity index (χ4n) is 3.43. The number of nitrogens with one attached hydrogen (secondary N) is 1. The monoisotopic (exact) mass is 437 g/mol. The highest BCUT2D eigenvalue weighted by Gasteiger charge is 2.74. The number of aliphatic hydroxyl groups is 1. The van der Waals surface area contributed by atoms with Gasteiger partial charge in [0.1, 0.15) is 17.9 Å². The van der Waals surface area contributed by atoms with Crippen LogP contribution >= 0.6 is 15.9 Å². The van der Waals surface area contributed by atoms with Gasteiger partial charge in [0.15, 0.2) is 0 Å². The summed E-state index contributed by atoms with van der Waals surface area (Å²) in [6, 6.07) is 4.91. The standard InChI is InChI=1S/C17H22BrF2NO3S/c1-14(2,3)25(23)21-17(16(19,20)9-22)12-8-11(18)4-5-13(12)24-10-15(17)6-7-15/h4-5,8,21-22H,6-7,9-10H2,1-3H3. The van der Waals surface area contributed by atoms with Crippen molar-refractivity contribution in [3.05, 3.63) is 28.2 Å². The van der Waals surface area contributed by atoms with Crippen molar-refractivity contribution < 1.29 is 22.8 Å². The number of fused-ring (bicyclic) bond motifs is 1. The van der Waals surface area contributed by atoms with Crippen LogP contribution in [0.2, 0.25) is 0 Å². The summed E-state index contributed by atoms with van der Waals surface area (Å²) in [5, 5.41) is 9.54. The lowest BCUT2D eigenvalue weighted by atomic mass is 9.70. The van der Waals surface area contributed by atoms with Crippen LogP contribution < -0.4 is 9.46 Å². The maximum atomic E-state index is 15.3. The molecule has 8 heteroatoms. The van der Waals surface area contributed by atoms with Gasteiger partial charge >= 0.3 is 0 Å². The van der Waals surface area contributed by atoms with Crippen molar-refractivity contribution >= 4 is 26.9 Å². The molecule has 2 atom stereocenters. The van der Waals surface area contributed by atoms with E-state index in [1.807, 2.05) is 0 Å². The maximum Gasteiger partial charge on any atom is 0.294 e. The van der Waals surface area contributed by atoms with Crippen molar-refractivity contribution in [2.45, 2.75) is 49.8 Å². The molecule has 0 aromatic heterocycles. The Labute approximate surface area is 157 Å². The zero-order valence-electron chi connectivity index (χ0n) is 14.4. The Bertz CT molecular complexity index is 718. The molecule has 1 spiro atoms. The first-order valence-electron chi connectivity index (χ1n) is 8.10. The van der Waals surface area contributed by atoms with Gasteiger partial charge in [-0.3, -0.25) is 0 Å². The van der Waals surface area contributed by atoms with Crippen molar-refractivity contribution in [1.82, 2.24) is 4.72 Å². The summed E-state index contributed by atoms with van der Waals surface area (Å²) < 4.78 is 51.8. The molecule has 1 fully saturated rings. The fourth-order valence-corrected chi connectivity index (χ4v) is 4.86. The van der Waals surface area contributed by atoms with Crippen LogP contribution in [0.15, 0.2) is 22.7 Å². The number of benzene rings is 1. The predicted molar refractivity (Wildman–Crippen MR) is 96.0 cm³/mol. The van der Waals surface area contributed by atoms with Gasteiger partial charge in [-0.15, -0.1) is 0 Å². The normalized spacial score (nSPS) is 26.0. The minimum absolute atomic E-state index is 0.103. The number of aliphatic hydroxyl groups excluding tert-OH is 1. The number of hydrogen-bond acceptors (Lipinski definition) is 3. The van der Waals surface area contributed by atoms with Crippen LogP contribution in [0.3, 0.4) is 0 Å². The summed E-state index contributed by atoms with van der Waals surface area (Å²) >= 11 is 3.33. The predicted octanol–water partition coefficient (Wildman–Crippen LogP) is 3.50. The van der Waals surface area contributed by atoms with Crippen LogP contribution in [0.4, 0.5) is 8.78 Å². The summed E-state index contributed by atoms with van der Waals surface area (Å²) in [5.41, 5.74) is -2.61. The molecule has 1 aromatic rings. The topological polar surface area (TPSA) is 58.6 Å². The van der Waals surface area contributed by atoms with Gasteiger partial charge in [0.25, 0.3) is 5.92 Å². The lowest BCUT2D eigenvalue weighted by molar-refractivity contribution is -0.158. The number of ether oxygens (including phenoxy) is 1. The second-order valence-corrected chi connectivity index (χ2v) is 10.7. The van der Waals surface area contributed by atoms with E-state index >= 15 is 8.78 Å². The average molecular weight is 438 g/mol. The third kappa shape index (κ3) is 2.85. The largest absolute Gasteiger partial charge is 0.493 e. The Balaban J connectivity index is 2.26. The van der Waals surface area contributed by atoms with Crippen molar-refractivity contribution in [2.24, 2.45) is 5.41 Å². The van der Waals surface area contributed by atoms with E-state index in [0.29, 0.717) is 23.1 Å². The number of alkyl halides is 2. The lowest BCUT2D eigenvalue weighted by Crippen LogP contribution is -2.67. The molecule has 2 aliphatic rings. The highest BCUT2D eigenvalue weighted by molar-refractivity contribution is 9.10. The summed E-state index contributed by atoms with van der Waals surface area (Å²) in [4.78, 5) is 0. The zero-order valence-corrected chi connectivity index (χ0v) is 16.8. The first-order valence-corrected chi connectivity index (χ1v) is 10.0. The molecular formula is C17H22BrF2NO3S. The van der Waals surface area contributed by atoms with Gasteiger partial charge in [0, 0.05) is 15.5 Å². The minimum Gasteiger partial charge on any atom is -0.493 e. The third-order valence-corrected chi connectivity index (χ3v) is 7.15. The second kappa shape index (κ2) is 5.97. The highest BCUT2D eigenvalue weighted by Crippen LogP contribution is 2.67. The molecule has 3 rings (SSSR count). The van der Waals surface area contributed by atoms with Gasteiger partial charge in [-0.05, 0) is 51.8 Å². The zero-order chi connectivity index (χ0) is 18.7. The van der Waals surface area contributed by atoms with E-state index in [4.69, 9.17) is 4.74 Å². The molecule has 1 aliphatic carbocycles. The molecule has 140 valence electrons. The van der Waals surface area contributed by atoms with Crippen LogP contribution in [0.25, 0.3) is 0 Å². The van der Waals surface area contributed by atoms with E-state index in [0.717, 1.165) is 0 Å². The van der Waals surface area contributed by atoms with E-state index in [1.165, 1.54) is 0 Å². The van der Waals surface area contributed by atoms with E-state index < -0.39 is 39.2 Å². The van der Waals surface area contributed by atoms with Crippen molar-refractivity contribution in [3.8, 4) is 5.75 Å². The summed E-state index contributed by atoms with van der Waals surface area (Å²) in [7, 11) is -1.75. The molecule has 0 bridgehead atoms. The summed E-state index contributed by atoms with van der Waals surface area (Å²) in [6.07, 6.45) is 1.03. The minimum atomic E-state index is -3.51. The molecule has 0 radical (unpaired) electrons. The second-order valence-electron chi connectivity index (χ2n) is 7.81. The molecule has 1 heterocycles. The van der Waals surface area contributed by atoms with Gasteiger partial charge in [-0.2, -0.15) is 0 Å².